The average Bonchev–Trinajstić information content (AvgIpc) is 2.79. The summed E-state index contributed by atoms with van der Waals surface area (Å²) in [7, 11) is 0. The lowest BCUT2D eigenvalue weighted by Gasteiger charge is -2.32. The summed E-state index contributed by atoms with van der Waals surface area (Å²) in [4.78, 5) is 26.2. The minimum Gasteiger partial charge on any atom is -0.484 e. The number of nitrogens with zero attached hydrogens (tertiary/aromatic N) is 1. The number of rotatable bonds is 9. The molecule has 0 bridgehead atoms. The van der Waals surface area contributed by atoms with E-state index < -0.39 is 0 Å². The Morgan fingerprint density at radius 1 is 1.00 bits per heavy atom. The first kappa shape index (κ1) is 22.1. The number of benzene rings is 2. The zero-order valence-electron chi connectivity index (χ0n) is 17.0. The Morgan fingerprint density at radius 2 is 1.70 bits per heavy atom. The van der Waals surface area contributed by atoms with E-state index in [0.717, 1.165) is 39.0 Å². The van der Waals surface area contributed by atoms with Gasteiger partial charge in [0, 0.05) is 36.8 Å². The molecular formula is C23H28ClN3O3. The second-order valence-corrected chi connectivity index (χ2v) is 7.83. The second kappa shape index (κ2) is 11.6. The van der Waals surface area contributed by atoms with Gasteiger partial charge in [0.2, 0.25) is 0 Å². The lowest BCUT2D eigenvalue weighted by Crippen LogP contribution is -2.43. The standard InChI is InChI=1S/C23H28ClN3O3/c24-20-6-8-21(9-7-20)30-17-22(28)27-14-10-18(11-15-27)16-25-12-13-26-23(29)19-4-2-1-3-5-19/h1-9,18,25H,10-17H2,(H,26,29). The van der Waals surface area contributed by atoms with E-state index in [0.29, 0.717) is 28.8 Å². The molecule has 6 nitrogen and oxygen atoms in total. The van der Waals surface area contributed by atoms with E-state index in [1.165, 1.54) is 0 Å². The summed E-state index contributed by atoms with van der Waals surface area (Å²) in [5.74, 6) is 1.15. The normalized spacial score (nSPS) is 14.4. The quantitative estimate of drug-likeness (QED) is 0.601. The molecule has 0 saturated carbocycles. The van der Waals surface area contributed by atoms with Crippen LogP contribution in [0.25, 0.3) is 0 Å². The highest BCUT2D eigenvalue weighted by Crippen LogP contribution is 2.18. The van der Waals surface area contributed by atoms with Crippen LogP contribution in [0.15, 0.2) is 54.6 Å². The van der Waals surface area contributed by atoms with Crippen LogP contribution in [0.4, 0.5) is 0 Å². The Labute approximate surface area is 182 Å². The van der Waals surface area contributed by atoms with Crippen molar-refractivity contribution in [3.8, 4) is 5.75 Å². The fourth-order valence-electron chi connectivity index (χ4n) is 3.42. The number of amides is 2. The first-order valence-electron chi connectivity index (χ1n) is 10.3. The van der Waals surface area contributed by atoms with Crippen LogP contribution < -0.4 is 15.4 Å². The molecule has 0 spiro atoms. The summed E-state index contributed by atoms with van der Waals surface area (Å²) < 4.78 is 5.55. The molecule has 0 aromatic heterocycles. The van der Waals surface area contributed by atoms with E-state index in [1.807, 2.05) is 23.1 Å². The molecule has 2 N–H and O–H groups in total. The fraction of sp³-hybridized carbons (Fsp3) is 0.391. The molecule has 1 fully saturated rings. The maximum atomic E-state index is 12.3. The van der Waals surface area contributed by atoms with Gasteiger partial charge in [-0.2, -0.15) is 0 Å². The van der Waals surface area contributed by atoms with Crippen molar-refractivity contribution in [3.63, 3.8) is 0 Å². The maximum Gasteiger partial charge on any atom is 0.260 e. The molecule has 0 unspecified atom stereocenters. The minimum atomic E-state index is -0.0509. The number of nitrogens with one attached hydrogen (secondary N) is 2. The first-order chi connectivity index (χ1) is 14.6. The summed E-state index contributed by atoms with van der Waals surface area (Å²) in [5, 5.41) is 6.96. The predicted molar refractivity (Wildman–Crippen MR) is 118 cm³/mol. The van der Waals surface area contributed by atoms with Crippen LogP contribution in [-0.4, -0.2) is 56.0 Å². The van der Waals surface area contributed by atoms with Gasteiger partial charge in [-0.1, -0.05) is 29.8 Å². The van der Waals surface area contributed by atoms with Gasteiger partial charge >= 0.3 is 0 Å². The molecular weight excluding hydrogens is 402 g/mol. The summed E-state index contributed by atoms with van der Waals surface area (Å²) in [6, 6.07) is 16.2. The topological polar surface area (TPSA) is 70.7 Å². The van der Waals surface area contributed by atoms with Crippen molar-refractivity contribution in [1.82, 2.24) is 15.5 Å². The molecule has 30 heavy (non-hydrogen) atoms. The van der Waals surface area contributed by atoms with Crippen molar-refractivity contribution >= 4 is 23.4 Å². The average molecular weight is 430 g/mol. The molecule has 0 aliphatic carbocycles. The van der Waals surface area contributed by atoms with Gasteiger partial charge in [0.05, 0.1) is 0 Å². The molecule has 3 rings (SSSR count). The van der Waals surface area contributed by atoms with E-state index in [9.17, 15) is 9.59 Å². The van der Waals surface area contributed by atoms with Crippen LogP contribution in [0.5, 0.6) is 5.75 Å². The molecule has 2 aromatic carbocycles. The van der Waals surface area contributed by atoms with Crippen LogP contribution in [0.1, 0.15) is 23.2 Å². The van der Waals surface area contributed by atoms with E-state index in [-0.39, 0.29) is 18.4 Å². The second-order valence-electron chi connectivity index (χ2n) is 7.39. The number of carbonyl (C=O) groups is 2. The lowest BCUT2D eigenvalue weighted by atomic mass is 9.97. The fourth-order valence-corrected chi connectivity index (χ4v) is 3.54. The third-order valence-corrected chi connectivity index (χ3v) is 5.45. The summed E-state index contributed by atoms with van der Waals surface area (Å²) in [6.07, 6.45) is 1.94. The van der Waals surface area contributed by atoms with Crippen molar-refractivity contribution in [2.45, 2.75) is 12.8 Å². The largest absolute Gasteiger partial charge is 0.484 e. The van der Waals surface area contributed by atoms with Crippen molar-refractivity contribution in [1.29, 1.82) is 0 Å². The SMILES string of the molecule is O=C(NCCNCC1CCN(C(=O)COc2ccc(Cl)cc2)CC1)c1ccccc1. The van der Waals surface area contributed by atoms with E-state index >= 15 is 0 Å². The number of piperidine rings is 1. The van der Waals surface area contributed by atoms with E-state index in [2.05, 4.69) is 10.6 Å². The number of halogens is 1. The van der Waals surface area contributed by atoms with Gasteiger partial charge in [0.1, 0.15) is 5.75 Å². The van der Waals surface area contributed by atoms with Gasteiger partial charge in [-0.25, -0.2) is 0 Å². The highest BCUT2D eigenvalue weighted by Gasteiger charge is 2.22. The van der Waals surface area contributed by atoms with Crippen molar-refractivity contribution in [3.05, 3.63) is 65.2 Å². The van der Waals surface area contributed by atoms with Crippen LogP contribution in [0.2, 0.25) is 5.02 Å². The molecule has 160 valence electrons. The van der Waals surface area contributed by atoms with E-state index in [4.69, 9.17) is 16.3 Å². The molecule has 1 aliphatic heterocycles. The van der Waals surface area contributed by atoms with E-state index in [1.54, 1.807) is 36.4 Å². The van der Waals surface area contributed by atoms with Gasteiger partial charge in [0.25, 0.3) is 11.8 Å². The monoisotopic (exact) mass is 429 g/mol. The van der Waals surface area contributed by atoms with Gasteiger partial charge in [-0.3, -0.25) is 9.59 Å². The number of likely N-dealkylation sites (tertiary alicyclic amines) is 1. The van der Waals surface area contributed by atoms with Gasteiger partial charge in [0.15, 0.2) is 6.61 Å². The summed E-state index contributed by atoms with van der Waals surface area (Å²) >= 11 is 5.85. The van der Waals surface area contributed by atoms with Crippen molar-refractivity contribution < 1.29 is 14.3 Å². The minimum absolute atomic E-state index is 0.0139. The molecule has 0 radical (unpaired) electrons. The molecule has 1 aliphatic rings. The summed E-state index contributed by atoms with van der Waals surface area (Å²) in [5.41, 5.74) is 0.676. The molecule has 0 atom stereocenters. The maximum absolute atomic E-state index is 12.3. The third-order valence-electron chi connectivity index (χ3n) is 5.20. The lowest BCUT2D eigenvalue weighted by molar-refractivity contribution is -0.134. The molecule has 7 heteroatoms. The number of hydrogen-bond acceptors (Lipinski definition) is 4. The highest BCUT2D eigenvalue weighted by atomic mass is 35.5. The number of carbonyl (C=O) groups excluding carboxylic acids is 2. The number of ether oxygens (including phenoxy) is 1. The van der Waals surface area contributed by atoms with Gasteiger partial charge in [-0.15, -0.1) is 0 Å². The first-order valence-corrected chi connectivity index (χ1v) is 10.7. The van der Waals surface area contributed by atoms with Crippen LogP contribution in [-0.2, 0) is 4.79 Å². The molecule has 1 saturated heterocycles. The Kier molecular flexibility index (Phi) is 8.53. The molecule has 1 heterocycles. The zero-order valence-corrected chi connectivity index (χ0v) is 17.7. The Hall–Kier alpha value is -2.57. The number of hydrogen-bond donors (Lipinski definition) is 2. The Bertz CT molecular complexity index is 806. The Balaban J connectivity index is 1.26. The Morgan fingerprint density at radius 3 is 2.40 bits per heavy atom. The smallest absolute Gasteiger partial charge is 0.260 e. The van der Waals surface area contributed by atoms with Crippen molar-refractivity contribution in [2.24, 2.45) is 5.92 Å². The highest BCUT2D eigenvalue weighted by molar-refractivity contribution is 6.30. The predicted octanol–water partition coefficient (Wildman–Crippen LogP) is 2.98. The third kappa shape index (κ3) is 7.04. The van der Waals surface area contributed by atoms with Crippen LogP contribution >= 0.6 is 11.6 Å². The van der Waals surface area contributed by atoms with Gasteiger partial charge in [-0.05, 0) is 61.7 Å². The van der Waals surface area contributed by atoms with Crippen LogP contribution in [0, 0.1) is 5.92 Å². The van der Waals surface area contributed by atoms with Crippen molar-refractivity contribution in [2.75, 3.05) is 39.3 Å². The van der Waals surface area contributed by atoms with Gasteiger partial charge < -0.3 is 20.3 Å². The molecule has 2 aromatic rings. The summed E-state index contributed by atoms with van der Waals surface area (Å²) in [6.45, 7) is 3.76. The van der Waals surface area contributed by atoms with Crippen LogP contribution in [0.3, 0.4) is 0 Å². The zero-order chi connectivity index (χ0) is 21.2. The molecule has 2 amide bonds.